The first kappa shape index (κ1) is 10.4. The number of rotatable bonds is 3. The van der Waals surface area contributed by atoms with Crippen molar-refractivity contribution in [2.24, 2.45) is 0 Å². The van der Waals surface area contributed by atoms with Crippen LogP contribution in [0.1, 0.15) is 12.7 Å². The van der Waals surface area contributed by atoms with Crippen LogP contribution >= 0.6 is 0 Å². The van der Waals surface area contributed by atoms with Crippen LogP contribution in [-0.2, 0) is 15.1 Å². The Balaban J connectivity index is 2.36. The SMILES string of the molecule is CC1(c2ccco2)NC(=O)N(CC=O)C1=O. The molecule has 0 spiro atoms. The highest BCUT2D eigenvalue weighted by Gasteiger charge is 2.50. The Hall–Kier alpha value is -2.11. The molecule has 1 fully saturated rings. The fourth-order valence-corrected chi connectivity index (χ4v) is 1.67. The molecule has 1 atom stereocenters. The summed E-state index contributed by atoms with van der Waals surface area (Å²) in [5.74, 6) is -0.140. The average Bonchev–Trinajstić information content (AvgIpc) is 2.83. The van der Waals surface area contributed by atoms with Gasteiger partial charge in [-0.2, -0.15) is 0 Å². The van der Waals surface area contributed by atoms with Crippen molar-refractivity contribution in [2.75, 3.05) is 6.54 Å². The molecular formula is C10H10N2O4. The third kappa shape index (κ3) is 1.30. The molecule has 6 heteroatoms. The molecule has 1 saturated heterocycles. The summed E-state index contributed by atoms with van der Waals surface area (Å²) in [6.07, 6.45) is 1.92. The van der Waals surface area contributed by atoms with E-state index < -0.39 is 17.5 Å². The zero-order valence-corrected chi connectivity index (χ0v) is 8.60. The van der Waals surface area contributed by atoms with Crippen LogP contribution in [0.2, 0.25) is 0 Å². The molecule has 0 aromatic carbocycles. The predicted molar refractivity (Wildman–Crippen MR) is 52.4 cm³/mol. The van der Waals surface area contributed by atoms with Gasteiger partial charge >= 0.3 is 6.03 Å². The van der Waals surface area contributed by atoms with Gasteiger partial charge in [-0.15, -0.1) is 0 Å². The van der Waals surface area contributed by atoms with Crippen LogP contribution in [0.5, 0.6) is 0 Å². The van der Waals surface area contributed by atoms with Gasteiger partial charge in [-0.3, -0.25) is 9.69 Å². The van der Waals surface area contributed by atoms with Crippen LogP contribution in [0.3, 0.4) is 0 Å². The smallest absolute Gasteiger partial charge is 0.325 e. The molecule has 6 nitrogen and oxygen atoms in total. The summed E-state index contributed by atoms with van der Waals surface area (Å²) in [5, 5.41) is 2.50. The van der Waals surface area contributed by atoms with E-state index in [1.807, 2.05) is 0 Å². The summed E-state index contributed by atoms with van der Waals surface area (Å²) in [6, 6.07) is 2.64. The minimum absolute atomic E-state index is 0.249. The molecule has 1 unspecified atom stereocenters. The highest BCUT2D eigenvalue weighted by molar-refractivity contribution is 6.07. The van der Waals surface area contributed by atoms with Crippen molar-refractivity contribution < 1.29 is 18.8 Å². The Morgan fingerprint density at radius 1 is 1.56 bits per heavy atom. The van der Waals surface area contributed by atoms with Gasteiger partial charge in [0.25, 0.3) is 5.91 Å². The van der Waals surface area contributed by atoms with E-state index in [-0.39, 0.29) is 6.54 Å². The van der Waals surface area contributed by atoms with E-state index in [2.05, 4.69) is 5.32 Å². The van der Waals surface area contributed by atoms with Crippen molar-refractivity contribution in [1.29, 1.82) is 0 Å². The Morgan fingerprint density at radius 3 is 2.88 bits per heavy atom. The third-order valence-corrected chi connectivity index (χ3v) is 2.55. The molecule has 1 aromatic rings. The first-order valence-corrected chi connectivity index (χ1v) is 4.71. The maximum atomic E-state index is 11.9. The summed E-state index contributed by atoms with van der Waals surface area (Å²) in [5.41, 5.74) is -1.22. The van der Waals surface area contributed by atoms with Crippen LogP contribution in [-0.4, -0.2) is 29.7 Å². The van der Waals surface area contributed by atoms with E-state index in [0.29, 0.717) is 12.0 Å². The summed E-state index contributed by atoms with van der Waals surface area (Å²) in [6.45, 7) is 1.29. The van der Waals surface area contributed by atoms with Crippen molar-refractivity contribution in [1.82, 2.24) is 10.2 Å². The number of furan rings is 1. The molecule has 84 valence electrons. The molecule has 0 radical (unpaired) electrons. The van der Waals surface area contributed by atoms with Crippen molar-refractivity contribution in [2.45, 2.75) is 12.5 Å². The molecule has 1 N–H and O–H groups in total. The number of urea groups is 1. The van der Waals surface area contributed by atoms with Crippen LogP contribution in [0, 0.1) is 0 Å². The van der Waals surface area contributed by atoms with E-state index in [0.717, 1.165) is 4.90 Å². The fourth-order valence-electron chi connectivity index (χ4n) is 1.67. The molecule has 16 heavy (non-hydrogen) atoms. The lowest BCUT2D eigenvalue weighted by Crippen LogP contribution is -2.40. The number of nitrogens with one attached hydrogen (secondary N) is 1. The maximum absolute atomic E-state index is 11.9. The monoisotopic (exact) mass is 222 g/mol. The second-order valence-corrected chi connectivity index (χ2v) is 3.61. The number of carbonyl (C=O) groups is 3. The molecule has 1 aliphatic rings. The minimum Gasteiger partial charge on any atom is -0.466 e. The second-order valence-electron chi connectivity index (χ2n) is 3.61. The van der Waals surface area contributed by atoms with Gasteiger partial charge in [-0.1, -0.05) is 0 Å². The number of aldehydes is 1. The predicted octanol–water partition coefficient (Wildman–Crippen LogP) is 0.246. The summed E-state index contributed by atoms with van der Waals surface area (Å²) >= 11 is 0. The molecule has 2 heterocycles. The van der Waals surface area contributed by atoms with Gasteiger partial charge in [0.15, 0.2) is 5.54 Å². The van der Waals surface area contributed by atoms with Crippen molar-refractivity contribution in [3.63, 3.8) is 0 Å². The van der Waals surface area contributed by atoms with Gasteiger partial charge < -0.3 is 14.5 Å². The molecular weight excluding hydrogens is 212 g/mol. The third-order valence-electron chi connectivity index (χ3n) is 2.55. The Labute approximate surface area is 91.2 Å². The number of hydrogen-bond donors (Lipinski definition) is 1. The van der Waals surface area contributed by atoms with E-state index in [4.69, 9.17) is 4.42 Å². The number of nitrogens with zero attached hydrogens (tertiary/aromatic N) is 1. The normalized spacial score (nSPS) is 24.7. The lowest BCUT2D eigenvalue weighted by atomic mass is 9.99. The quantitative estimate of drug-likeness (QED) is 0.587. The Morgan fingerprint density at radius 2 is 2.31 bits per heavy atom. The lowest BCUT2D eigenvalue weighted by Gasteiger charge is -2.18. The number of imide groups is 1. The van der Waals surface area contributed by atoms with Gasteiger partial charge in [0, 0.05) is 0 Å². The van der Waals surface area contributed by atoms with Crippen LogP contribution in [0.15, 0.2) is 22.8 Å². The van der Waals surface area contributed by atoms with Crippen molar-refractivity contribution in [3.8, 4) is 0 Å². The topological polar surface area (TPSA) is 79.6 Å². The molecule has 0 bridgehead atoms. The molecule has 0 saturated carbocycles. The summed E-state index contributed by atoms with van der Waals surface area (Å²) < 4.78 is 5.12. The van der Waals surface area contributed by atoms with Crippen LogP contribution in [0.4, 0.5) is 4.79 Å². The number of hydrogen-bond acceptors (Lipinski definition) is 4. The standard InChI is InChI=1S/C10H10N2O4/c1-10(7-3-2-6-16-7)8(14)12(4-5-13)9(15)11-10/h2-3,5-6H,4H2,1H3,(H,11,15). The first-order chi connectivity index (χ1) is 7.59. The highest BCUT2D eigenvalue weighted by Crippen LogP contribution is 2.28. The van der Waals surface area contributed by atoms with E-state index >= 15 is 0 Å². The molecule has 2 rings (SSSR count). The second kappa shape index (κ2) is 3.48. The molecule has 1 aliphatic heterocycles. The number of carbonyl (C=O) groups excluding carboxylic acids is 3. The fraction of sp³-hybridized carbons (Fsp3) is 0.300. The molecule has 1 aromatic heterocycles. The van der Waals surface area contributed by atoms with E-state index in [9.17, 15) is 14.4 Å². The van der Waals surface area contributed by atoms with E-state index in [1.165, 1.54) is 13.2 Å². The van der Waals surface area contributed by atoms with Crippen LogP contribution < -0.4 is 5.32 Å². The Bertz CT molecular complexity index is 440. The van der Waals surface area contributed by atoms with Gasteiger partial charge in [0.1, 0.15) is 12.0 Å². The zero-order valence-electron chi connectivity index (χ0n) is 8.60. The van der Waals surface area contributed by atoms with Gasteiger partial charge in [0.2, 0.25) is 0 Å². The van der Waals surface area contributed by atoms with Crippen molar-refractivity contribution >= 4 is 18.2 Å². The summed E-state index contributed by atoms with van der Waals surface area (Å²) in [4.78, 5) is 34.6. The largest absolute Gasteiger partial charge is 0.466 e. The maximum Gasteiger partial charge on any atom is 0.325 e. The zero-order chi connectivity index (χ0) is 11.8. The van der Waals surface area contributed by atoms with Gasteiger partial charge in [-0.25, -0.2) is 4.79 Å². The van der Waals surface area contributed by atoms with Crippen molar-refractivity contribution in [3.05, 3.63) is 24.2 Å². The molecule has 0 aliphatic carbocycles. The minimum atomic E-state index is -1.22. The highest BCUT2D eigenvalue weighted by atomic mass is 16.3. The number of amides is 3. The lowest BCUT2D eigenvalue weighted by molar-refractivity contribution is -0.133. The van der Waals surface area contributed by atoms with Gasteiger partial charge in [0.05, 0.1) is 12.8 Å². The average molecular weight is 222 g/mol. The summed E-state index contributed by atoms with van der Waals surface area (Å²) in [7, 11) is 0. The first-order valence-electron chi connectivity index (χ1n) is 4.71. The van der Waals surface area contributed by atoms with Crippen LogP contribution in [0.25, 0.3) is 0 Å². The van der Waals surface area contributed by atoms with E-state index in [1.54, 1.807) is 12.1 Å². The Kier molecular flexibility index (Phi) is 2.26. The molecule has 3 amide bonds. The van der Waals surface area contributed by atoms with Gasteiger partial charge in [-0.05, 0) is 19.1 Å².